The van der Waals surface area contributed by atoms with Crippen molar-refractivity contribution in [3.63, 3.8) is 0 Å². The van der Waals surface area contributed by atoms with E-state index in [1.54, 1.807) is 0 Å². The molecule has 1 heterocycles. The standard InChI is InChI=1S/C12H17N.C8H17N/c1-2-5-11(6-3-1)9-12-7-4-8-13-10-12;9-8-6-4-2-1-3-5-7-8/h1-3,5-6,12-13H,4,7-10H2;8H,1-7,9H2. The van der Waals surface area contributed by atoms with Gasteiger partial charge in [0.2, 0.25) is 0 Å². The van der Waals surface area contributed by atoms with Crippen LogP contribution >= 0.6 is 0 Å². The van der Waals surface area contributed by atoms with Crippen molar-refractivity contribution in [3.05, 3.63) is 35.9 Å². The average Bonchev–Trinajstić information content (AvgIpc) is 2.54. The molecule has 1 aliphatic heterocycles. The highest BCUT2D eigenvalue weighted by molar-refractivity contribution is 5.15. The van der Waals surface area contributed by atoms with Crippen LogP contribution in [-0.2, 0) is 6.42 Å². The van der Waals surface area contributed by atoms with Crippen molar-refractivity contribution in [2.75, 3.05) is 13.1 Å². The fraction of sp³-hybridized carbons (Fsp3) is 0.700. The maximum atomic E-state index is 5.80. The van der Waals surface area contributed by atoms with E-state index in [0.29, 0.717) is 6.04 Å². The molecule has 1 aromatic carbocycles. The van der Waals surface area contributed by atoms with E-state index < -0.39 is 0 Å². The molecule has 0 amide bonds. The van der Waals surface area contributed by atoms with E-state index in [1.807, 2.05) is 0 Å². The lowest BCUT2D eigenvalue weighted by Crippen LogP contribution is -2.30. The van der Waals surface area contributed by atoms with Gasteiger partial charge in [0, 0.05) is 6.04 Å². The van der Waals surface area contributed by atoms with E-state index >= 15 is 0 Å². The molecule has 0 aromatic heterocycles. The van der Waals surface area contributed by atoms with E-state index in [2.05, 4.69) is 35.6 Å². The maximum absolute atomic E-state index is 5.80. The van der Waals surface area contributed by atoms with Gasteiger partial charge in [-0.2, -0.15) is 0 Å². The lowest BCUT2D eigenvalue weighted by atomic mass is 9.92. The summed E-state index contributed by atoms with van der Waals surface area (Å²) < 4.78 is 0. The van der Waals surface area contributed by atoms with Gasteiger partial charge in [0.15, 0.2) is 0 Å². The van der Waals surface area contributed by atoms with Crippen molar-refractivity contribution in [1.82, 2.24) is 5.32 Å². The molecule has 2 fully saturated rings. The molecule has 3 rings (SSSR count). The van der Waals surface area contributed by atoms with Gasteiger partial charge in [0.05, 0.1) is 0 Å². The van der Waals surface area contributed by atoms with Crippen molar-refractivity contribution in [2.45, 2.75) is 70.3 Å². The zero-order chi connectivity index (χ0) is 15.5. The Balaban J connectivity index is 0.000000172. The van der Waals surface area contributed by atoms with Crippen molar-refractivity contribution < 1.29 is 0 Å². The second kappa shape index (κ2) is 10.8. The second-order valence-electron chi connectivity index (χ2n) is 7.01. The molecule has 3 N–H and O–H groups in total. The minimum absolute atomic E-state index is 0.519. The molecule has 2 heteroatoms. The minimum atomic E-state index is 0.519. The van der Waals surface area contributed by atoms with E-state index in [0.717, 1.165) is 5.92 Å². The Kier molecular flexibility index (Phi) is 8.59. The fourth-order valence-corrected chi connectivity index (χ4v) is 3.53. The monoisotopic (exact) mass is 302 g/mol. The van der Waals surface area contributed by atoms with Crippen molar-refractivity contribution in [1.29, 1.82) is 0 Å². The largest absolute Gasteiger partial charge is 0.328 e. The van der Waals surface area contributed by atoms with Crippen LogP contribution in [0, 0.1) is 5.92 Å². The molecular formula is C20H34N2. The first-order chi connectivity index (χ1) is 10.8. The molecule has 1 unspecified atom stereocenters. The summed E-state index contributed by atoms with van der Waals surface area (Å²) in [6.45, 7) is 2.42. The summed E-state index contributed by atoms with van der Waals surface area (Å²) in [5.41, 5.74) is 7.29. The number of hydrogen-bond donors (Lipinski definition) is 2. The van der Waals surface area contributed by atoms with E-state index in [4.69, 9.17) is 5.73 Å². The molecule has 1 saturated heterocycles. The zero-order valence-electron chi connectivity index (χ0n) is 14.1. The van der Waals surface area contributed by atoms with Crippen LogP contribution in [0.2, 0.25) is 0 Å². The number of hydrogen-bond acceptors (Lipinski definition) is 2. The predicted molar refractivity (Wildman–Crippen MR) is 96.0 cm³/mol. The third-order valence-corrected chi connectivity index (χ3v) is 4.92. The van der Waals surface area contributed by atoms with Crippen LogP contribution < -0.4 is 11.1 Å². The van der Waals surface area contributed by atoms with Crippen LogP contribution in [0.1, 0.15) is 63.4 Å². The minimum Gasteiger partial charge on any atom is -0.328 e. The topological polar surface area (TPSA) is 38.0 Å². The van der Waals surface area contributed by atoms with Crippen LogP contribution in [0.3, 0.4) is 0 Å². The molecule has 22 heavy (non-hydrogen) atoms. The Morgan fingerprint density at radius 2 is 1.55 bits per heavy atom. The highest BCUT2D eigenvalue weighted by Crippen LogP contribution is 2.16. The van der Waals surface area contributed by atoms with Gasteiger partial charge in [-0.1, -0.05) is 62.4 Å². The van der Waals surface area contributed by atoms with Gasteiger partial charge in [-0.05, 0) is 56.7 Å². The van der Waals surface area contributed by atoms with Gasteiger partial charge in [-0.25, -0.2) is 0 Å². The second-order valence-corrected chi connectivity index (χ2v) is 7.01. The molecule has 1 saturated carbocycles. The van der Waals surface area contributed by atoms with Gasteiger partial charge in [-0.15, -0.1) is 0 Å². The molecule has 1 aromatic rings. The summed E-state index contributed by atoms with van der Waals surface area (Å²) in [5.74, 6) is 0.858. The summed E-state index contributed by atoms with van der Waals surface area (Å²) in [7, 11) is 0. The molecule has 0 spiro atoms. The van der Waals surface area contributed by atoms with Gasteiger partial charge >= 0.3 is 0 Å². The van der Waals surface area contributed by atoms with Crippen LogP contribution in [0.25, 0.3) is 0 Å². The summed E-state index contributed by atoms with van der Waals surface area (Å²) in [5, 5.41) is 3.46. The first kappa shape index (κ1) is 17.5. The average molecular weight is 303 g/mol. The van der Waals surface area contributed by atoms with Crippen molar-refractivity contribution in [3.8, 4) is 0 Å². The van der Waals surface area contributed by atoms with Gasteiger partial charge in [0.1, 0.15) is 0 Å². The zero-order valence-corrected chi connectivity index (χ0v) is 14.1. The Bertz CT molecular complexity index is 363. The van der Waals surface area contributed by atoms with Crippen molar-refractivity contribution in [2.24, 2.45) is 11.7 Å². The fourth-order valence-electron chi connectivity index (χ4n) is 3.53. The number of nitrogens with one attached hydrogen (secondary N) is 1. The van der Waals surface area contributed by atoms with Crippen LogP contribution in [-0.4, -0.2) is 19.1 Å². The molecule has 1 aliphatic carbocycles. The van der Waals surface area contributed by atoms with Gasteiger partial charge in [-0.3, -0.25) is 0 Å². The van der Waals surface area contributed by atoms with Gasteiger partial charge in [0.25, 0.3) is 0 Å². The lowest BCUT2D eigenvalue weighted by Gasteiger charge is -2.22. The molecule has 2 nitrogen and oxygen atoms in total. The Labute approximate surface area is 136 Å². The van der Waals surface area contributed by atoms with E-state index in [-0.39, 0.29) is 0 Å². The Hall–Kier alpha value is -0.860. The highest BCUT2D eigenvalue weighted by atomic mass is 14.9. The molecule has 124 valence electrons. The SMILES string of the molecule is NC1CCCCCCC1.c1ccc(CC2CCCNC2)cc1. The lowest BCUT2D eigenvalue weighted by molar-refractivity contribution is 0.376. The summed E-state index contributed by atoms with van der Waals surface area (Å²) in [4.78, 5) is 0. The number of piperidine rings is 1. The smallest absolute Gasteiger partial charge is 0.00388 e. The molecule has 0 radical (unpaired) electrons. The Morgan fingerprint density at radius 3 is 2.18 bits per heavy atom. The number of nitrogens with two attached hydrogens (primary N) is 1. The van der Waals surface area contributed by atoms with E-state index in [1.165, 1.54) is 82.9 Å². The maximum Gasteiger partial charge on any atom is 0.00388 e. The number of rotatable bonds is 2. The molecule has 2 aliphatic rings. The quantitative estimate of drug-likeness (QED) is 0.855. The Morgan fingerprint density at radius 1 is 0.864 bits per heavy atom. The highest BCUT2D eigenvalue weighted by Gasteiger charge is 2.12. The third-order valence-electron chi connectivity index (χ3n) is 4.92. The molecule has 1 atom stereocenters. The summed E-state index contributed by atoms with van der Waals surface area (Å²) in [6, 6.07) is 11.3. The first-order valence-electron chi connectivity index (χ1n) is 9.35. The van der Waals surface area contributed by atoms with E-state index in [9.17, 15) is 0 Å². The van der Waals surface area contributed by atoms with Crippen LogP contribution in [0.5, 0.6) is 0 Å². The van der Waals surface area contributed by atoms with Gasteiger partial charge < -0.3 is 11.1 Å². The van der Waals surface area contributed by atoms with Crippen LogP contribution in [0.4, 0.5) is 0 Å². The third kappa shape index (κ3) is 7.42. The summed E-state index contributed by atoms with van der Waals surface area (Å²) >= 11 is 0. The predicted octanol–water partition coefficient (Wildman–Crippen LogP) is 4.29. The normalized spacial score (nSPS) is 23.8. The molecular weight excluding hydrogens is 268 g/mol. The summed E-state index contributed by atoms with van der Waals surface area (Å²) in [6.07, 6.45) is 13.5. The van der Waals surface area contributed by atoms with Crippen molar-refractivity contribution >= 4 is 0 Å². The van der Waals surface area contributed by atoms with Crippen LogP contribution in [0.15, 0.2) is 30.3 Å². The first-order valence-corrected chi connectivity index (χ1v) is 9.35. The number of benzene rings is 1. The molecule has 0 bridgehead atoms.